The highest BCUT2D eigenvalue weighted by Crippen LogP contribution is 2.53. The molecule has 0 nitrogen and oxygen atoms in total. The van der Waals surface area contributed by atoms with Crippen molar-refractivity contribution in [1.29, 1.82) is 0 Å². The van der Waals surface area contributed by atoms with Crippen LogP contribution in [0.1, 0.15) is 48.5 Å². The molecular formula is C18H36SSi2. The molecule has 3 heteroatoms. The maximum atomic E-state index is 2.55. The zero-order valence-corrected chi connectivity index (χ0v) is 19.0. The molecule has 0 aliphatic carbocycles. The minimum atomic E-state index is -1.42. The van der Waals surface area contributed by atoms with Crippen LogP contribution >= 0.6 is 11.8 Å². The van der Waals surface area contributed by atoms with Gasteiger partial charge in [0.2, 0.25) is 0 Å². The predicted octanol–water partition coefficient (Wildman–Crippen LogP) is 7.23. The van der Waals surface area contributed by atoms with Gasteiger partial charge in [-0.25, -0.2) is 0 Å². The van der Waals surface area contributed by atoms with Crippen LogP contribution in [0.2, 0.25) is 36.3 Å². The van der Waals surface area contributed by atoms with Crippen LogP contribution in [-0.2, 0) is 0 Å². The first-order chi connectivity index (χ1) is 9.10. The zero-order valence-electron chi connectivity index (χ0n) is 16.1. The summed E-state index contributed by atoms with van der Waals surface area (Å²) in [6.45, 7) is 27.1. The van der Waals surface area contributed by atoms with Crippen molar-refractivity contribution in [3.05, 3.63) is 21.2 Å². The summed E-state index contributed by atoms with van der Waals surface area (Å²) in [4.78, 5) is 0. The van der Waals surface area contributed by atoms with Gasteiger partial charge in [0.1, 0.15) is 0 Å². The molecule has 0 N–H and O–H groups in total. The third-order valence-corrected chi connectivity index (χ3v) is 20.7. The Hall–Kier alpha value is 0.264. The highest BCUT2D eigenvalue weighted by atomic mass is 32.2. The molecule has 0 aromatic carbocycles. The third-order valence-electron chi connectivity index (χ3n) is 6.03. The molecule has 0 unspecified atom stereocenters. The summed E-state index contributed by atoms with van der Waals surface area (Å²) >= 11 is 2.15. The number of thioether (sulfide) groups is 1. The first kappa shape index (κ1) is 19.3. The van der Waals surface area contributed by atoms with E-state index in [0.717, 1.165) is 0 Å². The molecule has 21 heavy (non-hydrogen) atoms. The first-order valence-electron chi connectivity index (χ1n) is 8.23. The molecule has 0 spiro atoms. The largest absolute Gasteiger partial charge is 0.109 e. The Bertz CT molecular complexity index is 415. The Morgan fingerprint density at radius 2 is 1.05 bits per heavy atom. The maximum Gasteiger partial charge on any atom is 0.0941 e. The fourth-order valence-corrected chi connectivity index (χ4v) is 10.6. The van der Waals surface area contributed by atoms with Crippen molar-refractivity contribution in [3.8, 4) is 0 Å². The lowest BCUT2D eigenvalue weighted by Gasteiger charge is -2.44. The lowest BCUT2D eigenvalue weighted by Crippen LogP contribution is -2.43. The van der Waals surface area contributed by atoms with E-state index in [9.17, 15) is 0 Å². The SMILES string of the molecule is CC1C=C([Si](C)(C)C(C)(C)C)SC([Si](C)(C)C(C)(C)C)=C1. The smallest absolute Gasteiger partial charge is 0.0941 e. The molecule has 0 atom stereocenters. The van der Waals surface area contributed by atoms with Gasteiger partial charge in [0, 0.05) is 0 Å². The molecule has 1 aliphatic rings. The van der Waals surface area contributed by atoms with Gasteiger partial charge >= 0.3 is 0 Å². The van der Waals surface area contributed by atoms with Crippen molar-refractivity contribution in [3.63, 3.8) is 0 Å². The van der Waals surface area contributed by atoms with E-state index in [-0.39, 0.29) is 0 Å². The fraction of sp³-hybridized carbons (Fsp3) is 0.778. The van der Waals surface area contributed by atoms with E-state index in [4.69, 9.17) is 0 Å². The fourth-order valence-electron chi connectivity index (χ4n) is 2.12. The number of rotatable bonds is 2. The summed E-state index contributed by atoms with van der Waals surface area (Å²) in [6.07, 6.45) is 5.11. The first-order valence-corrected chi connectivity index (χ1v) is 15.0. The van der Waals surface area contributed by atoms with E-state index >= 15 is 0 Å². The Kier molecular flexibility index (Phi) is 5.26. The molecule has 0 bridgehead atoms. The van der Waals surface area contributed by atoms with E-state index in [0.29, 0.717) is 16.0 Å². The van der Waals surface area contributed by atoms with E-state index in [1.807, 2.05) is 0 Å². The molecule has 0 aromatic heterocycles. The highest BCUT2D eigenvalue weighted by molar-refractivity contribution is 8.10. The van der Waals surface area contributed by atoms with Crippen LogP contribution in [0.3, 0.4) is 0 Å². The van der Waals surface area contributed by atoms with Crippen molar-refractivity contribution >= 4 is 27.9 Å². The molecule has 1 rings (SSSR count). The van der Waals surface area contributed by atoms with E-state index < -0.39 is 16.1 Å². The second-order valence-corrected chi connectivity index (χ2v) is 22.2. The lowest BCUT2D eigenvalue weighted by atomic mass is 10.2. The van der Waals surface area contributed by atoms with Crippen molar-refractivity contribution in [2.45, 2.75) is 84.7 Å². The summed E-state index contributed by atoms with van der Waals surface area (Å²) in [5.41, 5.74) is 0. The standard InChI is InChI=1S/C18H36SSi2/c1-14-12-15(20(8,9)17(2,3)4)19-16(13-14)21(10,11)18(5,6)7/h12-14H,1-11H3. The van der Waals surface area contributed by atoms with Crippen LogP contribution in [0, 0.1) is 5.92 Å². The van der Waals surface area contributed by atoms with Crippen LogP contribution in [0.15, 0.2) is 21.2 Å². The summed E-state index contributed by atoms with van der Waals surface area (Å²) in [5.74, 6) is 0.597. The molecular weight excluding hydrogens is 304 g/mol. The number of allylic oxidation sites excluding steroid dienone is 2. The highest BCUT2D eigenvalue weighted by Gasteiger charge is 2.44. The number of hydrogen-bond acceptors (Lipinski definition) is 1. The van der Waals surface area contributed by atoms with Crippen LogP contribution in [0.5, 0.6) is 0 Å². The Morgan fingerprint density at radius 3 is 1.29 bits per heavy atom. The van der Waals surface area contributed by atoms with Gasteiger partial charge in [-0.1, -0.05) is 86.8 Å². The minimum absolute atomic E-state index is 0.418. The minimum Gasteiger partial charge on any atom is -0.109 e. The molecule has 0 saturated carbocycles. The molecule has 0 radical (unpaired) electrons. The van der Waals surface area contributed by atoms with Crippen molar-refractivity contribution in [1.82, 2.24) is 0 Å². The Balaban J connectivity index is 3.20. The molecule has 0 fully saturated rings. The average Bonchev–Trinajstić information content (AvgIpc) is 2.24. The van der Waals surface area contributed by atoms with E-state index in [2.05, 4.69) is 98.6 Å². The second kappa shape index (κ2) is 5.72. The van der Waals surface area contributed by atoms with Crippen LogP contribution in [0.4, 0.5) is 0 Å². The topological polar surface area (TPSA) is 0 Å². The van der Waals surface area contributed by atoms with E-state index in [1.54, 1.807) is 9.06 Å². The average molecular weight is 341 g/mol. The molecule has 0 amide bonds. The molecule has 0 saturated heterocycles. The quantitative estimate of drug-likeness (QED) is 0.478. The van der Waals surface area contributed by atoms with Gasteiger partial charge in [0.05, 0.1) is 16.1 Å². The zero-order chi connectivity index (χ0) is 16.9. The number of hydrogen-bond donors (Lipinski definition) is 0. The summed E-state index contributed by atoms with van der Waals surface area (Å²) < 4.78 is 3.43. The van der Waals surface area contributed by atoms with Gasteiger partial charge in [0.25, 0.3) is 0 Å². The molecule has 0 aromatic rings. The molecule has 122 valence electrons. The Morgan fingerprint density at radius 1 is 0.762 bits per heavy atom. The van der Waals surface area contributed by atoms with Gasteiger partial charge in [-0.05, 0) is 25.1 Å². The van der Waals surface area contributed by atoms with Crippen LogP contribution < -0.4 is 0 Å². The molecule has 1 heterocycles. The van der Waals surface area contributed by atoms with E-state index in [1.165, 1.54) is 0 Å². The molecule has 1 aliphatic heterocycles. The van der Waals surface area contributed by atoms with Crippen LogP contribution in [-0.4, -0.2) is 16.1 Å². The van der Waals surface area contributed by atoms with Gasteiger partial charge in [0.15, 0.2) is 0 Å². The third kappa shape index (κ3) is 3.78. The summed E-state index contributed by atoms with van der Waals surface area (Å²) in [7, 11) is -2.84. The van der Waals surface area contributed by atoms with Crippen molar-refractivity contribution in [2.24, 2.45) is 5.92 Å². The Labute approximate surface area is 139 Å². The monoisotopic (exact) mass is 340 g/mol. The van der Waals surface area contributed by atoms with Crippen LogP contribution in [0.25, 0.3) is 0 Å². The van der Waals surface area contributed by atoms with Gasteiger partial charge in [-0.15, -0.1) is 11.8 Å². The predicted molar refractivity (Wildman–Crippen MR) is 107 cm³/mol. The summed E-state index contributed by atoms with van der Waals surface area (Å²) in [6, 6.07) is 0. The van der Waals surface area contributed by atoms with Crippen molar-refractivity contribution < 1.29 is 0 Å². The van der Waals surface area contributed by atoms with Gasteiger partial charge in [-0.3, -0.25) is 0 Å². The van der Waals surface area contributed by atoms with Crippen molar-refractivity contribution in [2.75, 3.05) is 0 Å². The normalized spacial score (nSPS) is 19.4. The lowest BCUT2D eigenvalue weighted by molar-refractivity contribution is 0.725. The summed E-state index contributed by atoms with van der Waals surface area (Å²) in [5, 5.41) is 0.836. The second-order valence-electron chi connectivity index (χ2n) is 9.77. The van der Waals surface area contributed by atoms with Gasteiger partial charge in [-0.2, -0.15) is 0 Å². The maximum absolute atomic E-state index is 2.55. The van der Waals surface area contributed by atoms with Gasteiger partial charge < -0.3 is 0 Å².